The van der Waals surface area contributed by atoms with Crippen LogP contribution < -0.4 is 10.6 Å². The van der Waals surface area contributed by atoms with Gasteiger partial charge in [-0.2, -0.15) is 5.26 Å². The van der Waals surface area contributed by atoms with Crippen LogP contribution in [0.4, 0.5) is 0 Å². The second-order valence-electron chi connectivity index (χ2n) is 6.26. The Balaban J connectivity index is 1.75. The Hall–Kier alpha value is -2.06. The zero-order chi connectivity index (χ0) is 17.2. The average molecular weight is 327 g/mol. The van der Waals surface area contributed by atoms with Crippen molar-refractivity contribution in [2.75, 3.05) is 26.7 Å². The molecule has 0 saturated carbocycles. The normalized spacial score (nSPS) is 18.9. The van der Waals surface area contributed by atoms with Crippen molar-refractivity contribution in [1.82, 2.24) is 15.5 Å². The second kappa shape index (κ2) is 9.94. The fraction of sp³-hybridized carbons (Fsp3) is 0.579. The number of nitrogens with one attached hydrogen (secondary N) is 2. The molecule has 24 heavy (non-hydrogen) atoms. The lowest BCUT2D eigenvalue weighted by Crippen LogP contribution is -2.45. The monoisotopic (exact) mass is 327 g/mol. The van der Waals surface area contributed by atoms with Crippen molar-refractivity contribution in [3.63, 3.8) is 0 Å². The van der Waals surface area contributed by atoms with Crippen LogP contribution in [0, 0.1) is 11.3 Å². The highest BCUT2D eigenvalue weighted by Gasteiger charge is 2.19. The Morgan fingerprint density at radius 2 is 2.25 bits per heavy atom. The number of nitriles is 1. The van der Waals surface area contributed by atoms with E-state index in [1.54, 1.807) is 7.05 Å². The lowest BCUT2D eigenvalue weighted by Gasteiger charge is -2.35. The van der Waals surface area contributed by atoms with E-state index in [4.69, 9.17) is 5.26 Å². The van der Waals surface area contributed by atoms with Gasteiger partial charge in [0.25, 0.3) is 0 Å². The van der Waals surface area contributed by atoms with E-state index in [-0.39, 0.29) is 0 Å². The molecular formula is C19H29N5. The van der Waals surface area contributed by atoms with Gasteiger partial charge in [0.15, 0.2) is 5.96 Å². The van der Waals surface area contributed by atoms with Crippen molar-refractivity contribution in [2.45, 2.75) is 45.2 Å². The lowest BCUT2D eigenvalue weighted by atomic mass is 10.0. The van der Waals surface area contributed by atoms with E-state index >= 15 is 0 Å². The van der Waals surface area contributed by atoms with Crippen molar-refractivity contribution in [2.24, 2.45) is 4.99 Å². The first-order valence-electron chi connectivity index (χ1n) is 8.94. The molecule has 0 amide bonds. The zero-order valence-corrected chi connectivity index (χ0v) is 14.9. The summed E-state index contributed by atoms with van der Waals surface area (Å²) in [4.78, 5) is 6.88. The number of hydrogen-bond acceptors (Lipinski definition) is 3. The molecule has 1 fully saturated rings. The van der Waals surface area contributed by atoms with Crippen LogP contribution in [0.5, 0.6) is 0 Å². The Kier molecular flexibility index (Phi) is 7.57. The summed E-state index contributed by atoms with van der Waals surface area (Å²) in [5.41, 5.74) is 1.77. The van der Waals surface area contributed by atoms with Crippen LogP contribution in [-0.4, -0.2) is 43.6 Å². The first-order valence-corrected chi connectivity index (χ1v) is 8.94. The summed E-state index contributed by atoms with van der Waals surface area (Å²) in [5.74, 6) is 0.808. The minimum atomic E-state index is 0.663. The molecule has 1 saturated heterocycles. The molecule has 1 aliphatic heterocycles. The molecule has 1 atom stereocenters. The summed E-state index contributed by atoms with van der Waals surface area (Å²) in [6.45, 7) is 6.12. The maximum atomic E-state index is 8.96. The summed E-state index contributed by atoms with van der Waals surface area (Å²) in [6.07, 6.45) is 5.26. The summed E-state index contributed by atoms with van der Waals surface area (Å²) in [5, 5.41) is 15.7. The first kappa shape index (κ1) is 18.3. The number of benzene rings is 1. The highest BCUT2D eigenvalue weighted by molar-refractivity contribution is 5.79. The average Bonchev–Trinajstić information content (AvgIpc) is 2.65. The second-order valence-corrected chi connectivity index (χ2v) is 6.26. The van der Waals surface area contributed by atoms with Crippen LogP contribution in [0.2, 0.25) is 0 Å². The van der Waals surface area contributed by atoms with Gasteiger partial charge in [-0.3, -0.25) is 9.89 Å². The number of rotatable bonds is 6. The SMILES string of the molecule is CCC1CCCCN1CCNC(=NC)NCc1cccc(C#N)c1. The summed E-state index contributed by atoms with van der Waals surface area (Å²) in [7, 11) is 1.79. The standard InChI is InChI=1S/C19H29N5/c1-3-18-9-4-5-11-24(18)12-10-22-19(21-2)23-15-17-8-6-7-16(13-17)14-20/h6-8,13,18H,3-5,9-12,15H2,1-2H3,(H2,21,22,23). The molecule has 5 nitrogen and oxygen atoms in total. The Morgan fingerprint density at radius 1 is 1.38 bits per heavy atom. The molecule has 130 valence electrons. The Morgan fingerprint density at radius 3 is 3.00 bits per heavy atom. The molecule has 0 spiro atoms. The maximum absolute atomic E-state index is 8.96. The molecule has 0 radical (unpaired) electrons. The highest BCUT2D eigenvalue weighted by atomic mass is 15.2. The third kappa shape index (κ3) is 5.54. The van der Waals surface area contributed by atoms with Crippen molar-refractivity contribution >= 4 is 5.96 Å². The van der Waals surface area contributed by atoms with E-state index in [1.165, 1.54) is 32.2 Å². The molecule has 2 rings (SSSR count). The predicted molar refractivity (Wildman–Crippen MR) is 98.9 cm³/mol. The third-order valence-electron chi connectivity index (χ3n) is 4.65. The van der Waals surface area contributed by atoms with Crippen molar-refractivity contribution < 1.29 is 0 Å². The van der Waals surface area contributed by atoms with Crippen LogP contribution in [0.1, 0.15) is 43.7 Å². The van der Waals surface area contributed by atoms with Crippen LogP contribution in [0.3, 0.4) is 0 Å². The van der Waals surface area contributed by atoms with Gasteiger partial charge in [-0.25, -0.2) is 0 Å². The van der Waals surface area contributed by atoms with E-state index in [9.17, 15) is 0 Å². The van der Waals surface area contributed by atoms with Crippen LogP contribution in [0.15, 0.2) is 29.3 Å². The van der Waals surface area contributed by atoms with Crippen molar-refractivity contribution in [1.29, 1.82) is 5.26 Å². The summed E-state index contributed by atoms with van der Waals surface area (Å²) >= 11 is 0. The number of likely N-dealkylation sites (tertiary alicyclic amines) is 1. The molecule has 1 aromatic carbocycles. The van der Waals surface area contributed by atoms with Crippen LogP contribution in [0.25, 0.3) is 0 Å². The third-order valence-corrected chi connectivity index (χ3v) is 4.65. The largest absolute Gasteiger partial charge is 0.355 e. The molecule has 1 unspecified atom stereocenters. The number of guanidine groups is 1. The number of hydrogen-bond donors (Lipinski definition) is 2. The number of piperidine rings is 1. The first-order chi connectivity index (χ1) is 11.8. The lowest BCUT2D eigenvalue weighted by molar-refractivity contribution is 0.147. The minimum Gasteiger partial charge on any atom is -0.355 e. The molecule has 1 aromatic rings. The van der Waals surface area contributed by atoms with Crippen LogP contribution in [-0.2, 0) is 6.54 Å². The highest BCUT2D eigenvalue weighted by Crippen LogP contribution is 2.18. The smallest absolute Gasteiger partial charge is 0.191 e. The minimum absolute atomic E-state index is 0.663. The molecule has 0 bridgehead atoms. The van der Waals surface area contributed by atoms with Gasteiger partial charge in [-0.15, -0.1) is 0 Å². The predicted octanol–water partition coefficient (Wildman–Crippen LogP) is 2.49. The number of aliphatic imine (C=N–C) groups is 1. The quantitative estimate of drug-likeness (QED) is 0.622. The summed E-state index contributed by atoms with van der Waals surface area (Å²) < 4.78 is 0. The number of nitrogens with zero attached hydrogens (tertiary/aromatic N) is 3. The van der Waals surface area contributed by atoms with Gasteiger partial charge in [0.05, 0.1) is 11.6 Å². The van der Waals surface area contributed by atoms with Gasteiger partial charge in [0.2, 0.25) is 0 Å². The van der Waals surface area contributed by atoms with E-state index in [1.807, 2.05) is 24.3 Å². The zero-order valence-electron chi connectivity index (χ0n) is 14.9. The van der Waals surface area contributed by atoms with Crippen molar-refractivity contribution in [3.8, 4) is 6.07 Å². The van der Waals surface area contributed by atoms with E-state index in [0.717, 1.165) is 30.7 Å². The van der Waals surface area contributed by atoms with E-state index < -0.39 is 0 Å². The molecule has 0 aromatic heterocycles. The topological polar surface area (TPSA) is 63.4 Å². The van der Waals surface area contributed by atoms with Gasteiger partial charge in [0.1, 0.15) is 0 Å². The van der Waals surface area contributed by atoms with E-state index in [0.29, 0.717) is 12.1 Å². The van der Waals surface area contributed by atoms with E-state index in [2.05, 4.69) is 33.5 Å². The van der Waals surface area contributed by atoms with Gasteiger partial charge in [0, 0.05) is 32.7 Å². The Bertz CT molecular complexity index is 575. The summed E-state index contributed by atoms with van der Waals surface area (Å²) in [6, 6.07) is 10.6. The fourth-order valence-electron chi connectivity index (χ4n) is 3.29. The fourth-order valence-corrected chi connectivity index (χ4v) is 3.29. The van der Waals surface area contributed by atoms with Gasteiger partial charge >= 0.3 is 0 Å². The van der Waals surface area contributed by atoms with Gasteiger partial charge in [-0.05, 0) is 43.5 Å². The molecule has 5 heteroatoms. The Labute approximate surface area is 145 Å². The van der Waals surface area contributed by atoms with Gasteiger partial charge in [-0.1, -0.05) is 25.5 Å². The molecule has 0 aliphatic carbocycles. The van der Waals surface area contributed by atoms with Crippen LogP contribution >= 0.6 is 0 Å². The molecule has 1 heterocycles. The molecule has 1 aliphatic rings. The maximum Gasteiger partial charge on any atom is 0.191 e. The molecule has 2 N–H and O–H groups in total. The molecular weight excluding hydrogens is 298 g/mol. The van der Waals surface area contributed by atoms with Crippen molar-refractivity contribution in [3.05, 3.63) is 35.4 Å². The van der Waals surface area contributed by atoms with Gasteiger partial charge < -0.3 is 10.6 Å².